The van der Waals surface area contributed by atoms with Crippen molar-refractivity contribution in [1.29, 1.82) is 0 Å². The van der Waals surface area contributed by atoms with Gasteiger partial charge in [0.05, 0.1) is 42.2 Å². The van der Waals surface area contributed by atoms with Crippen molar-refractivity contribution in [3.63, 3.8) is 0 Å². The molecule has 144 heavy (non-hydrogen) atoms. The fourth-order valence-corrected chi connectivity index (χ4v) is 13.5. The van der Waals surface area contributed by atoms with Crippen LogP contribution in [0.2, 0.25) is 0 Å². The predicted molar refractivity (Wildman–Crippen MR) is 586 cm³/mol. The van der Waals surface area contributed by atoms with E-state index in [1.165, 1.54) is 49.8 Å². The maximum atomic E-state index is 5.55. The summed E-state index contributed by atoms with van der Waals surface area (Å²) in [5.74, 6) is 13.4. The minimum atomic E-state index is 0.372. The van der Waals surface area contributed by atoms with E-state index < -0.39 is 0 Å². The fourth-order valence-electron chi connectivity index (χ4n) is 13.5. The maximum Gasteiger partial charge on any atom is 0.183 e. The van der Waals surface area contributed by atoms with E-state index in [1.807, 2.05) is 172 Å². The molecule has 15 aromatic rings. The SMILES string of the molecule is CC(C)c1cc2c(cn1)CCO2.CC(C)c1ccccn1.CC(C)c1ccccn1.CC(C)c1cccnc1.CC(C)c1ccncc1.CC(C)c1ccncc1.CC(C)c1ccncn1.CC(C)c1cncc2c1OCCO2.CC(C)c1cnccn1.CC(C)c1cncnc1.CC(C)c1nccc2c1OCC2.CC(C)c1nccc2c1OCCO2.CC(C)c1nccc2ccccc12.CC(C)c1ncccn1. The highest BCUT2D eigenvalue weighted by Gasteiger charge is 2.22. The molecule has 24 nitrogen and oxygen atoms in total. The second kappa shape index (κ2) is 66.8. The molecule has 19 rings (SSSR count). The van der Waals surface area contributed by atoms with E-state index in [-0.39, 0.29) is 0 Å². The van der Waals surface area contributed by atoms with E-state index in [9.17, 15) is 0 Å². The summed E-state index contributed by atoms with van der Waals surface area (Å²) in [6.07, 6.45) is 45.1. The van der Waals surface area contributed by atoms with E-state index in [2.05, 4.69) is 326 Å². The maximum absolute atomic E-state index is 5.55. The number of pyridine rings is 10. The first-order valence-electron chi connectivity index (χ1n) is 50.8. The van der Waals surface area contributed by atoms with Gasteiger partial charge in [-0.15, -0.1) is 0 Å². The third-order valence-corrected chi connectivity index (χ3v) is 22.1. The lowest BCUT2D eigenvalue weighted by Crippen LogP contribution is -2.17. The largest absolute Gasteiger partial charge is 0.493 e. The summed E-state index contributed by atoms with van der Waals surface area (Å²) in [6.45, 7) is 63.9. The average molecular weight is 1950 g/mol. The molecule has 0 saturated heterocycles. The molecule has 0 N–H and O–H groups in total. The Morgan fingerprint density at radius 2 is 0.674 bits per heavy atom. The van der Waals surface area contributed by atoms with E-state index in [0.29, 0.717) is 109 Å². The highest BCUT2D eigenvalue weighted by atomic mass is 16.6. The number of rotatable bonds is 14. The van der Waals surface area contributed by atoms with Crippen LogP contribution < -0.4 is 28.4 Å². The first-order valence-corrected chi connectivity index (χ1v) is 50.8. The lowest BCUT2D eigenvalue weighted by atomic mass is 10.0. The van der Waals surface area contributed by atoms with Crippen molar-refractivity contribution in [3.05, 3.63) is 373 Å². The van der Waals surface area contributed by atoms with E-state index in [1.54, 1.807) is 68.4 Å². The number of fused-ring (bicyclic) bond motifs is 5. The molecule has 0 bridgehead atoms. The molecule has 4 aliphatic rings. The summed E-state index contributed by atoms with van der Waals surface area (Å²) in [6, 6.07) is 44.4. The van der Waals surface area contributed by atoms with Crippen molar-refractivity contribution in [1.82, 2.24) is 89.7 Å². The molecule has 0 saturated carbocycles. The van der Waals surface area contributed by atoms with Crippen LogP contribution in [-0.4, -0.2) is 129 Å². The van der Waals surface area contributed by atoms with Crippen molar-refractivity contribution in [3.8, 4) is 34.5 Å². The lowest BCUT2D eigenvalue weighted by Gasteiger charge is -2.21. The van der Waals surface area contributed by atoms with E-state index >= 15 is 0 Å². The summed E-state index contributed by atoms with van der Waals surface area (Å²) >= 11 is 0. The third-order valence-electron chi connectivity index (χ3n) is 22.1. The molecule has 0 spiro atoms. The molecule has 0 aliphatic carbocycles. The molecule has 0 unspecified atom stereocenters. The zero-order chi connectivity index (χ0) is 105. The minimum absolute atomic E-state index is 0.372. The van der Waals surface area contributed by atoms with Gasteiger partial charge in [-0.3, -0.25) is 59.8 Å². The summed E-state index contributed by atoms with van der Waals surface area (Å²) in [4.78, 5) is 73.6. The van der Waals surface area contributed by atoms with Gasteiger partial charge in [-0.1, -0.05) is 236 Å². The molecule has 0 radical (unpaired) electrons. The normalized spacial score (nSPS) is 11.8. The van der Waals surface area contributed by atoms with Gasteiger partial charge in [-0.05, 0) is 183 Å². The zero-order valence-electron chi connectivity index (χ0n) is 90.8. The molecule has 18 heterocycles. The van der Waals surface area contributed by atoms with Gasteiger partial charge >= 0.3 is 0 Å². The van der Waals surface area contributed by atoms with Crippen LogP contribution in [0, 0.1) is 0 Å². The van der Waals surface area contributed by atoms with Crippen LogP contribution in [0.15, 0.2) is 282 Å². The first kappa shape index (κ1) is 119. The summed E-state index contributed by atoms with van der Waals surface area (Å²) in [7, 11) is 0. The monoisotopic (exact) mass is 1950 g/mol. The van der Waals surface area contributed by atoms with Gasteiger partial charge < -0.3 is 28.4 Å². The number of ether oxygens (including phenoxy) is 6. The van der Waals surface area contributed by atoms with Gasteiger partial charge in [-0.25, -0.2) is 29.9 Å². The topological polar surface area (TPSA) is 287 Å². The Kier molecular flexibility index (Phi) is 55.1. The van der Waals surface area contributed by atoms with Crippen LogP contribution in [0.25, 0.3) is 10.8 Å². The molecule has 1 aromatic carbocycles. The number of benzene rings is 1. The molecule has 766 valence electrons. The van der Waals surface area contributed by atoms with Gasteiger partial charge in [0.15, 0.2) is 23.0 Å². The number of nitrogens with zero attached hydrogens (tertiary/aromatic N) is 18. The third kappa shape index (κ3) is 44.3. The van der Waals surface area contributed by atoms with Crippen LogP contribution in [0.1, 0.15) is 367 Å². The molecule has 0 amide bonds. The van der Waals surface area contributed by atoms with Crippen LogP contribution >= 0.6 is 0 Å². The van der Waals surface area contributed by atoms with Gasteiger partial charge in [0.2, 0.25) is 0 Å². The molecule has 14 aromatic heterocycles. The van der Waals surface area contributed by atoms with Gasteiger partial charge in [0, 0.05) is 206 Å². The Balaban J connectivity index is 0.000000238. The van der Waals surface area contributed by atoms with Crippen LogP contribution in [-0.2, 0) is 12.8 Å². The highest BCUT2D eigenvalue weighted by molar-refractivity contribution is 5.84. The average Bonchev–Trinajstić information content (AvgIpc) is 1.47. The minimum Gasteiger partial charge on any atom is -0.493 e. The molecule has 24 heteroatoms. The molecule has 0 fully saturated rings. The van der Waals surface area contributed by atoms with Gasteiger partial charge in [0.25, 0.3) is 0 Å². The van der Waals surface area contributed by atoms with Crippen molar-refractivity contribution in [2.75, 3.05) is 39.6 Å². The Labute approximate surface area is 860 Å². The highest BCUT2D eigenvalue weighted by Crippen LogP contribution is 2.38. The first-order chi connectivity index (χ1) is 69.2. The van der Waals surface area contributed by atoms with Crippen molar-refractivity contribution >= 4 is 10.8 Å². The van der Waals surface area contributed by atoms with Crippen LogP contribution in [0.5, 0.6) is 34.5 Å². The van der Waals surface area contributed by atoms with Crippen molar-refractivity contribution in [2.45, 2.75) is 290 Å². The standard InChI is InChI=1S/C12H13N.2C10H13NO2.2C10H13NO.5C8H11N.4C7H10N2/c1-9(2)12-11-6-4-3-5-10(11)7-8-13-12;1-7(2)8-5-11-6-9-10(8)13-4-3-12-9;1-7(2)9-10-8(3-4-11-9)12-5-6-13-10;1-7(2)9-10-8(3-5-11-9)4-6-12-10;1-7(2)9-5-10-8(6-11-9)3-4-12-10;2*1-7(2)8-3-5-9-6-4-8;1-7(2)8-4-3-5-9-6-8;2*1-7(2)8-5-3-4-6-9-8;1-6(2)7-3-8-5-9-4-7;1-6(2)7-5-8-3-4-9-7;1-6(2)7-3-4-8-5-9-7;1-6(2)7-8-4-3-5-9-7/h3-9H,1-2H3;5-7H,3-4H2,1-2H3;3-4,7H,5-6H2,1-2H3;3,5,7H,4,6H2,1-2H3;5-7H,3-4H2,1-2H3;5*3-7H,1-2H3;4*3-6H,1-2H3. The van der Waals surface area contributed by atoms with Crippen LogP contribution in [0.4, 0.5) is 0 Å². The number of hydrogen-bond donors (Lipinski definition) is 0. The smallest absolute Gasteiger partial charge is 0.183 e. The Morgan fingerprint density at radius 1 is 0.208 bits per heavy atom. The van der Waals surface area contributed by atoms with Crippen LogP contribution in [0.3, 0.4) is 0 Å². The van der Waals surface area contributed by atoms with Crippen molar-refractivity contribution in [2.24, 2.45) is 0 Å². The number of aromatic nitrogens is 18. The molecule has 4 aliphatic heterocycles. The summed E-state index contributed by atoms with van der Waals surface area (Å²) < 4.78 is 32.9. The lowest BCUT2D eigenvalue weighted by molar-refractivity contribution is 0.168. The second-order valence-electron chi connectivity index (χ2n) is 38.6. The molecular weight excluding hydrogens is 1790 g/mol. The van der Waals surface area contributed by atoms with E-state index in [4.69, 9.17) is 28.4 Å². The Bertz CT molecular complexity index is 5200. The predicted octanol–water partition coefficient (Wildman–Crippen LogP) is 29.0. The van der Waals surface area contributed by atoms with Crippen molar-refractivity contribution < 1.29 is 28.4 Å². The molecule has 0 atom stereocenters. The summed E-state index contributed by atoms with van der Waals surface area (Å²) in [5, 5.41) is 2.56. The van der Waals surface area contributed by atoms with Gasteiger partial charge in [-0.2, -0.15) is 0 Å². The Morgan fingerprint density at radius 3 is 1.13 bits per heavy atom. The number of hydrogen-bond acceptors (Lipinski definition) is 24. The second-order valence-corrected chi connectivity index (χ2v) is 38.6. The fraction of sp³-hybridized carbons (Fsp3) is 0.417. The van der Waals surface area contributed by atoms with E-state index in [0.717, 1.165) is 112 Å². The van der Waals surface area contributed by atoms with Gasteiger partial charge in [0.1, 0.15) is 56.4 Å². The Hall–Kier alpha value is -13.9. The zero-order valence-corrected chi connectivity index (χ0v) is 90.8. The summed E-state index contributed by atoms with van der Waals surface area (Å²) in [5.41, 5.74) is 17.8. The molecular formula is C120H160N18O6. The quantitative estimate of drug-likeness (QED) is 0.0977.